The van der Waals surface area contributed by atoms with Gasteiger partial charge >= 0.3 is 0 Å². The van der Waals surface area contributed by atoms with Crippen molar-refractivity contribution >= 4 is 0 Å². The summed E-state index contributed by atoms with van der Waals surface area (Å²) in [5.41, 5.74) is 2.92. The monoisotopic (exact) mass is 242 g/mol. The highest BCUT2D eigenvalue weighted by molar-refractivity contribution is 5.41. The Labute approximate surface area is 108 Å². The average molecular weight is 242 g/mol. The van der Waals surface area contributed by atoms with Gasteiger partial charge in [0.1, 0.15) is 11.9 Å². The Morgan fingerprint density at radius 1 is 1.11 bits per heavy atom. The summed E-state index contributed by atoms with van der Waals surface area (Å²) >= 11 is 0. The van der Waals surface area contributed by atoms with Gasteiger partial charge in [0, 0.05) is 5.56 Å². The number of aliphatic hydroxyl groups excluding tert-OH is 1. The van der Waals surface area contributed by atoms with Gasteiger partial charge in [0.2, 0.25) is 0 Å². The molecule has 2 rings (SSSR count). The zero-order valence-corrected chi connectivity index (χ0v) is 10.8. The van der Waals surface area contributed by atoms with E-state index >= 15 is 0 Å². The van der Waals surface area contributed by atoms with E-state index in [1.807, 2.05) is 42.5 Å². The lowest BCUT2D eigenvalue weighted by atomic mass is 9.98. The fourth-order valence-electron chi connectivity index (χ4n) is 2.05. The van der Waals surface area contributed by atoms with Crippen molar-refractivity contribution in [1.29, 1.82) is 0 Å². The van der Waals surface area contributed by atoms with Gasteiger partial charge in [0.15, 0.2) is 0 Å². The summed E-state index contributed by atoms with van der Waals surface area (Å²) in [7, 11) is 1.62. The molecule has 2 aromatic carbocycles. The highest BCUT2D eigenvalue weighted by Crippen LogP contribution is 2.29. The first-order valence-electron chi connectivity index (χ1n) is 6.16. The number of rotatable bonds is 4. The topological polar surface area (TPSA) is 29.5 Å². The van der Waals surface area contributed by atoms with E-state index in [0.29, 0.717) is 5.75 Å². The van der Waals surface area contributed by atoms with Gasteiger partial charge < -0.3 is 9.84 Å². The van der Waals surface area contributed by atoms with E-state index in [1.54, 1.807) is 7.11 Å². The van der Waals surface area contributed by atoms with Crippen LogP contribution in [0, 0.1) is 0 Å². The van der Waals surface area contributed by atoms with Crippen molar-refractivity contribution in [2.75, 3.05) is 7.11 Å². The van der Waals surface area contributed by atoms with Crippen molar-refractivity contribution in [3.05, 3.63) is 65.2 Å². The molecule has 0 bridgehead atoms. The summed E-state index contributed by atoms with van der Waals surface area (Å²) in [5.74, 6) is 0.715. The first-order valence-corrected chi connectivity index (χ1v) is 6.16. The third kappa shape index (κ3) is 2.54. The van der Waals surface area contributed by atoms with Crippen LogP contribution in [0.5, 0.6) is 5.75 Å². The maximum absolute atomic E-state index is 10.4. The number of methoxy groups -OCH3 is 1. The highest BCUT2D eigenvalue weighted by atomic mass is 16.5. The zero-order valence-electron chi connectivity index (χ0n) is 10.8. The van der Waals surface area contributed by atoms with Crippen LogP contribution in [0.4, 0.5) is 0 Å². The molecule has 0 amide bonds. The summed E-state index contributed by atoms with van der Waals surface area (Å²) in [6, 6.07) is 15.6. The molecule has 2 nitrogen and oxygen atoms in total. The molecule has 1 unspecified atom stereocenters. The number of aryl methyl sites for hydroxylation is 1. The van der Waals surface area contributed by atoms with Crippen LogP contribution in [0.3, 0.4) is 0 Å². The smallest absolute Gasteiger partial charge is 0.125 e. The predicted octanol–water partition coefficient (Wildman–Crippen LogP) is 3.34. The minimum Gasteiger partial charge on any atom is -0.496 e. The Bertz CT molecular complexity index is 520. The van der Waals surface area contributed by atoms with E-state index in [2.05, 4.69) is 13.0 Å². The van der Waals surface area contributed by atoms with Gasteiger partial charge in [-0.1, -0.05) is 49.4 Å². The first-order chi connectivity index (χ1) is 8.76. The molecule has 0 saturated carbocycles. The fraction of sp³-hybridized carbons (Fsp3) is 0.250. The van der Waals surface area contributed by atoms with Crippen molar-refractivity contribution in [3.8, 4) is 5.75 Å². The Morgan fingerprint density at radius 3 is 2.61 bits per heavy atom. The molecule has 1 N–H and O–H groups in total. The van der Waals surface area contributed by atoms with E-state index in [4.69, 9.17) is 4.74 Å². The minimum absolute atomic E-state index is 0.646. The molecular formula is C16H18O2. The number of para-hydroxylation sites is 1. The first kappa shape index (κ1) is 12.7. The van der Waals surface area contributed by atoms with Crippen LogP contribution >= 0.6 is 0 Å². The molecule has 0 heterocycles. The zero-order chi connectivity index (χ0) is 13.0. The lowest BCUT2D eigenvalue weighted by molar-refractivity contribution is 0.214. The summed E-state index contributed by atoms with van der Waals surface area (Å²) in [6.45, 7) is 2.11. The second-order valence-electron chi connectivity index (χ2n) is 4.24. The van der Waals surface area contributed by atoms with Crippen molar-refractivity contribution in [3.63, 3.8) is 0 Å². The number of hydrogen-bond donors (Lipinski definition) is 1. The average Bonchev–Trinajstić information content (AvgIpc) is 2.46. The highest BCUT2D eigenvalue weighted by Gasteiger charge is 2.14. The summed E-state index contributed by atoms with van der Waals surface area (Å²) in [4.78, 5) is 0. The molecule has 1 atom stereocenters. The molecule has 0 spiro atoms. The Morgan fingerprint density at radius 2 is 1.89 bits per heavy atom. The van der Waals surface area contributed by atoms with E-state index in [9.17, 15) is 5.11 Å². The molecule has 2 heteroatoms. The quantitative estimate of drug-likeness (QED) is 0.891. The number of ether oxygens (including phenoxy) is 1. The van der Waals surface area contributed by atoms with Gasteiger partial charge in [-0.25, -0.2) is 0 Å². The van der Waals surface area contributed by atoms with Crippen LogP contribution in [-0.4, -0.2) is 12.2 Å². The maximum atomic E-state index is 10.4. The van der Waals surface area contributed by atoms with Gasteiger partial charge in [0.05, 0.1) is 7.11 Å². The predicted molar refractivity (Wildman–Crippen MR) is 72.9 cm³/mol. The fourth-order valence-corrected chi connectivity index (χ4v) is 2.05. The molecule has 0 aliphatic heterocycles. The van der Waals surface area contributed by atoms with Crippen molar-refractivity contribution in [2.45, 2.75) is 19.4 Å². The van der Waals surface area contributed by atoms with E-state index in [1.165, 1.54) is 5.56 Å². The van der Waals surface area contributed by atoms with E-state index < -0.39 is 6.10 Å². The molecule has 94 valence electrons. The van der Waals surface area contributed by atoms with Gasteiger partial charge in [-0.3, -0.25) is 0 Å². The lowest BCUT2D eigenvalue weighted by Gasteiger charge is -2.15. The molecule has 0 saturated heterocycles. The van der Waals surface area contributed by atoms with E-state index in [0.717, 1.165) is 17.5 Å². The largest absolute Gasteiger partial charge is 0.496 e. The summed E-state index contributed by atoms with van der Waals surface area (Å²) in [5, 5.41) is 10.4. The molecule has 0 aliphatic carbocycles. The van der Waals surface area contributed by atoms with Gasteiger partial charge in [-0.15, -0.1) is 0 Å². The Kier molecular flexibility index (Phi) is 4.00. The molecule has 18 heavy (non-hydrogen) atoms. The molecule has 0 fully saturated rings. The van der Waals surface area contributed by atoms with Crippen LogP contribution in [0.1, 0.15) is 29.7 Å². The van der Waals surface area contributed by atoms with Crippen molar-refractivity contribution < 1.29 is 9.84 Å². The van der Waals surface area contributed by atoms with Gasteiger partial charge in [-0.2, -0.15) is 0 Å². The van der Waals surface area contributed by atoms with Crippen LogP contribution in [0.2, 0.25) is 0 Å². The van der Waals surface area contributed by atoms with E-state index in [-0.39, 0.29) is 0 Å². The third-order valence-electron chi connectivity index (χ3n) is 3.11. The Hall–Kier alpha value is -1.80. The van der Waals surface area contributed by atoms with Gasteiger partial charge in [-0.05, 0) is 23.6 Å². The number of aliphatic hydroxyl groups is 1. The molecule has 0 radical (unpaired) electrons. The van der Waals surface area contributed by atoms with Crippen LogP contribution in [0.25, 0.3) is 0 Å². The normalized spacial score (nSPS) is 12.2. The second-order valence-corrected chi connectivity index (χ2v) is 4.24. The van der Waals surface area contributed by atoms with Crippen LogP contribution in [-0.2, 0) is 6.42 Å². The van der Waals surface area contributed by atoms with Crippen LogP contribution < -0.4 is 4.74 Å². The maximum Gasteiger partial charge on any atom is 0.125 e. The van der Waals surface area contributed by atoms with Crippen molar-refractivity contribution in [1.82, 2.24) is 0 Å². The van der Waals surface area contributed by atoms with Gasteiger partial charge in [0.25, 0.3) is 0 Å². The second kappa shape index (κ2) is 5.69. The third-order valence-corrected chi connectivity index (χ3v) is 3.11. The number of benzene rings is 2. The summed E-state index contributed by atoms with van der Waals surface area (Å²) in [6.07, 6.45) is 0.319. The molecule has 0 aliphatic rings. The number of hydrogen-bond acceptors (Lipinski definition) is 2. The SMILES string of the molecule is CCc1cccc(C(O)c2ccccc2OC)c1. The minimum atomic E-state index is -0.646. The standard InChI is InChI=1S/C16H18O2/c1-3-12-7-6-8-13(11-12)16(17)14-9-4-5-10-15(14)18-2/h4-11,16-17H,3H2,1-2H3. The Balaban J connectivity index is 2.37. The van der Waals surface area contributed by atoms with Crippen LogP contribution in [0.15, 0.2) is 48.5 Å². The summed E-state index contributed by atoms with van der Waals surface area (Å²) < 4.78 is 5.28. The molecule has 2 aromatic rings. The lowest BCUT2D eigenvalue weighted by Crippen LogP contribution is -2.02. The molecular weight excluding hydrogens is 224 g/mol. The molecule has 0 aromatic heterocycles. The van der Waals surface area contributed by atoms with Crippen molar-refractivity contribution in [2.24, 2.45) is 0 Å².